The van der Waals surface area contributed by atoms with Gasteiger partial charge in [0, 0.05) is 6.42 Å². The van der Waals surface area contributed by atoms with E-state index in [0.29, 0.717) is 18.7 Å². The largest absolute Gasteiger partial charge is 0.323 e. The second kappa shape index (κ2) is 7.07. The van der Waals surface area contributed by atoms with E-state index < -0.39 is 0 Å². The number of hydrogen-bond donors (Lipinski definition) is 0. The molecule has 19 heavy (non-hydrogen) atoms. The summed E-state index contributed by atoms with van der Waals surface area (Å²) in [6.07, 6.45) is 8.42. The zero-order valence-corrected chi connectivity index (χ0v) is 11.6. The molecule has 0 spiro atoms. The minimum atomic E-state index is 0.305. The summed E-state index contributed by atoms with van der Waals surface area (Å²) in [5.41, 5.74) is 2.00. The summed E-state index contributed by atoms with van der Waals surface area (Å²) < 4.78 is 1.95. The number of imidazole rings is 1. The zero-order chi connectivity index (χ0) is 13.5. The Hall–Kier alpha value is -1.64. The second-order valence-corrected chi connectivity index (χ2v) is 5.06. The van der Waals surface area contributed by atoms with Crippen LogP contribution in [0.3, 0.4) is 0 Å². The topological polar surface area (TPSA) is 34.9 Å². The van der Waals surface area contributed by atoms with Crippen LogP contribution in [0.25, 0.3) is 11.0 Å². The van der Waals surface area contributed by atoms with Gasteiger partial charge in [-0.3, -0.25) is 4.79 Å². The molecule has 0 saturated heterocycles. The van der Waals surface area contributed by atoms with Gasteiger partial charge in [0.05, 0.1) is 23.9 Å². The van der Waals surface area contributed by atoms with Gasteiger partial charge in [0.1, 0.15) is 0 Å². The number of benzene rings is 1. The minimum absolute atomic E-state index is 0.305. The van der Waals surface area contributed by atoms with Crippen LogP contribution in [0.5, 0.6) is 0 Å². The first-order chi connectivity index (χ1) is 9.31. The highest BCUT2D eigenvalue weighted by atomic mass is 16.1. The van der Waals surface area contributed by atoms with E-state index in [9.17, 15) is 4.79 Å². The Bertz CT molecular complexity index is 530. The first-order valence-electron chi connectivity index (χ1n) is 7.23. The standard InChI is InChI=1S/C16H22N2O/c1-2-3-4-5-6-9-14(19)12-18-13-17-15-10-7-8-11-16(15)18/h7-8,10-11,13H,2-6,9,12H2,1H3. The molecule has 2 aromatic rings. The molecule has 3 heteroatoms. The molecule has 3 nitrogen and oxygen atoms in total. The number of unbranched alkanes of at least 4 members (excludes halogenated alkanes) is 4. The molecule has 1 aromatic carbocycles. The average molecular weight is 258 g/mol. The van der Waals surface area contributed by atoms with Crippen LogP contribution in [-0.4, -0.2) is 15.3 Å². The maximum atomic E-state index is 11.9. The summed E-state index contributed by atoms with van der Waals surface area (Å²) >= 11 is 0. The van der Waals surface area contributed by atoms with Crippen molar-refractivity contribution in [3.05, 3.63) is 30.6 Å². The average Bonchev–Trinajstić information content (AvgIpc) is 2.82. The molecule has 1 aromatic heterocycles. The van der Waals surface area contributed by atoms with Crippen molar-refractivity contribution in [1.29, 1.82) is 0 Å². The summed E-state index contributed by atoms with van der Waals surface area (Å²) in [6, 6.07) is 7.93. The summed E-state index contributed by atoms with van der Waals surface area (Å²) in [4.78, 5) is 16.2. The lowest BCUT2D eigenvalue weighted by Crippen LogP contribution is -2.08. The Morgan fingerprint density at radius 2 is 1.95 bits per heavy atom. The Morgan fingerprint density at radius 1 is 1.16 bits per heavy atom. The number of aromatic nitrogens is 2. The molecule has 0 fully saturated rings. The SMILES string of the molecule is CCCCCCCC(=O)Cn1cnc2ccccc21. The van der Waals surface area contributed by atoms with E-state index in [4.69, 9.17) is 0 Å². The lowest BCUT2D eigenvalue weighted by Gasteiger charge is -2.04. The third-order valence-corrected chi connectivity index (χ3v) is 3.43. The van der Waals surface area contributed by atoms with Crippen LogP contribution in [-0.2, 0) is 11.3 Å². The highest BCUT2D eigenvalue weighted by molar-refractivity contribution is 5.81. The van der Waals surface area contributed by atoms with Crippen molar-refractivity contribution < 1.29 is 4.79 Å². The Kier molecular flexibility index (Phi) is 5.13. The van der Waals surface area contributed by atoms with Crippen molar-refractivity contribution in [1.82, 2.24) is 9.55 Å². The van der Waals surface area contributed by atoms with Gasteiger partial charge in [-0.15, -0.1) is 0 Å². The maximum Gasteiger partial charge on any atom is 0.152 e. The molecule has 0 bridgehead atoms. The molecule has 0 atom stereocenters. The van der Waals surface area contributed by atoms with E-state index in [0.717, 1.165) is 17.5 Å². The van der Waals surface area contributed by atoms with Crippen LogP contribution in [0.4, 0.5) is 0 Å². The van der Waals surface area contributed by atoms with Gasteiger partial charge in [-0.2, -0.15) is 0 Å². The first-order valence-corrected chi connectivity index (χ1v) is 7.23. The van der Waals surface area contributed by atoms with Gasteiger partial charge < -0.3 is 4.57 Å². The van der Waals surface area contributed by atoms with Gasteiger partial charge in [0.25, 0.3) is 0 Å². The molecule has 102 valence electrons. The number of hydrogen-bond acceptors (Lipinski definition) is 2. The number of para-hydroxylation sites is 2. The fraction of sp³-hybridized carbons (Fsp3) is 0.500. The van der Waals surface area contributed by atoms with Crippen LogP contribution in [0.1, 0.15) is 45.4 Å². The Balaban J connectivity index is 1.82. The molecule has 0 aliphatic heterocycles. The highest BCUT2D eigenvalue weighted by Crippen LogP contribution is 2.12. The Labute approximate surface area is 114 Å². The van der Waals surface area contributed by atoms with Gasteiger partial charge in [-0.05, 0) is 18.6 Å². The molecule has 0 radical (unpaired) electrons. The predicted octanol–water partition coefficient (Wildman–Crippen LogP) is 3.97. The fourth-order valence-corrected chi connectivity index (χ4v) is 2.33. The molecular weight excluding hydrogens is 236 g/mol. The van der Waals surface area contributed by atoms with E-state index in [1.54, 1.807) is 6.33 Å². The van der Waals surface area contributed by atoms with E-state index in [-0.39, 0.29) is 0 Å². The molecule has 0 N–H and O–H groups in total. The predicted molar refractivity (Wildman–Crippen MR) is 78.1 cm³/mol. The van der Waals surface area contributed by atoms with Crippen molar-refractivity contribution in [2.75, 3.05) is 0 Å². The van der Waals surface area contributed by atoms with Gasteiger partial charge in [0.15, 0.2) is 5.78 Å². The van der Waals surface area contributed by atoms with Crippen molar-refractivity contribution in [2.24, 2.45) is 0 Å². The van der Waals surface area contributed by atoms with Crippen molar-refractivity contribution in [3.63, 3.8) is 0 Å². The monoisotopic (exact) mass is 258 g/mol. The van der Waals surface area contributed by atoms with E-state index in [2.05, 4.69) is 11.9 Å². The van der Waals surface area contributed by atoms with Crippen molar-refractivity contribution >= 4 is 16.8 Å². The molecule has 0 saturated carbocycles. The van der Waals surface area contributed by atoms with Gasteiger partial charge in [-0.25, -0.2) is 4.98 Å². The van der Waals surface area contributed by atoms with E-state index in [1.165, 1.54) is 25.7 Å². The molecule has 0 aliphatic rings. The number of carbonyl (C=O) groups is 1. The quantitative estimate of drug-likeness (QED) is 0.672. The summed E-state index contributed by atoms with van der Waals surface area (Å²) in [5.74, 6) is 0.305. The molecule has 0 unspecified atom stereocenters. The molecule has 0 amide bonds. The van der Waals surface area contributed by atoms with Gasteiger partial charge in [-0.1, -0.05) is 44.7 Å². The molecule has 1 heterocycles. The third-order valence-electron chi connectivity index (χ3n) is 3.43. The van der Waals surface area contributed by atoms with E-state index in [1.807, 2.05) is 28.8 Å². The number of ketones is 1. The number of fused-ring (bicyclic) bond motifs is 1. The Morgan fingerprint density at radius 3 is 2.79 bits per heavy atom. The van der Waals surface area contributed by atoms with E-state index >= 15 is 0 Å². The molecule has 2 rings (SSSR count). The van der Waals surface area contributed by atoms with Crippen LogP contribution in [0, 0.1) is 0 Å². The summed E-state index contributed by atoms with van der Waals surface area (Å²) in [6.45, 7) is 2.66. The highest BCUT2D eigenvalue weighted by Gasteiger charge is 2.06. The van der Waals surface area contributed by atoms with Crippen molar-refractivity contribution in [2.45, 2.75) is 52.0 Å². The van der Waals surface area contributed by atoms with Gasteiger partial charge in [0.2, 0.25) is 0 Å². The first kappa shape index (κ1) is 13.8. The van der Waals surface area contributed by atoms with Crippen molar-refractivity contribution in [3.8, 4) is 0 Å². The normalized spacial score (nSPS) is 11.0. The smallest absolute Gasteiger partial charge is 0.152 e. The summed E-state index contributed by atoms with van der Waals surface area (Å²) in [5, 5.41) is 0. The molecule has 0 aliphatic carbocycles. The lowest BCUT2D eigenvalue weighted by molar-refractivity contribution is -0.119. The molecular formula is C16H22N2O. The maximum absolute atomic E-state index is 11.9. The minimum Gasteiger partial charge on any atom is -0.323 e. The van der Waals surface area contributed by atoms with Crippen LogP contribution in [0.2, 0.25) is 0 Å². The number of rotatable bonds is 8. The van der Waals surface area contributed by atoms with Gasteiger partial charge >= 0.3 is 0 Å². The fourth-order valence-electron chi connectivity index (χ4n) is 2.33. The number of carbonyl (C=O) groups excluding carboxylic acids is 1. The number of nitrogens with zero attached hydrogens (tertiary/aromatic N) is 2. The van der Waals surface area contributed by atoms with Crippen LogP contribution >= 0.6 is 0 Å². The third kappa shape index (κ3) is 3.91. The number of Topliss-reactive ketones (excluding diaryl/α,β-unsaturated/α-hetero) is 1. The zero-order valence-electron chi connectivity index (χ0n) is 11.6. The summed E-state index contributed by atoms with van der Waals surface area (Å²) in [7, 11) is 0. The van der Waals surface area contributed by atoms with Crippen LogP contribution in [0.15, 0.2) is 30.6 Å². The lowest BCUT2D eigenvalue weighted by atomic mass is 10.1. The second-order valence-electron chi connectivity index (χ2n) is 5.06. The van der Waals surface area contributed by atoms with Crippen LogP contribution < -0.4 is 0 Å².